The van der Waals surface area contributed by atoms with Crippen molar-refractivity contribution in [1.82, 2.24) is 10.2 Å². The summed E-state index contributed by atoms with van der Waals surface area (Å²) in [6, 6.07) is 8.75. The van der Waals surface area contributed by atoms with Crippen LogP contribution in [0.5, 0.6) is 0 Å². The zero-order valence-electron chi connectivity index (χ0n) is 16.0. The summed E-state index contributed by atoms with van der Waals surface area (Å²) >= 11 is 0. The van der Waals surface area contributed by atoms with Gasteiger partial charge in [0.1, 0.15) is 0 Å². The lowest BCUT2D eigenvalue weighted by atomic mass is 10.1. The third kappa shape index (κ3) is 6.77. The van der Waals surface area contributed by atoms with Crippen molar-refractivity contribution in [2.75, 3.05) is 33.7 Å². The summed E-state index contributed by atoms with van der Waals surface area (Å²) in [5, 5.41) is 3.17. The quantitative estimate of drug-likeness (QED) is 0.750. The average Bonchev–Trinajstić information content (AvgIpc) is 2.67. The van der Waals surface area contributed by atoms with Crippen molar-refractivity contribution in [2.24, 2.45) is 0 Å². The number of rotatable bonds is 8. The van der Waals surface area contributed by atoms with E-state index in [2.05, 4.69) is 82.4 Å². The Morgan fingerprint density at radius 2 is 1.33 bits per heavy atom. The average molecular weight is 331 g/mol. The van der Waals surface area contributed by atoms with Gasteiger partial charge in [-0.1, -0.05) is 20.8 Å². The summed E-state index contributed by atoms with van der Waals surface area (Å²) < 4.78 is 4.44. The molecule has 24 heavy (non-hydrogen) atoms. The van der Waals surface area contributed by atoms with Gasteiger partial charge in [0.05, 0.1) is 13.1 Å². The molecule has 0 unspecified atom stereocenters. The zero-order chi connectivity index (χ0) is 17.8. The lowest BCUT2D eigenvalue weighted by Gasteiger charge is -2.10. The Balaban J connectivity index is 0.00000139. The van der Waals surface area contributed by atoms with E-state index in [1.54, 1.807) is 0 Å². The van der Waals surface area contributed by atoms with Crippen LogP contribution in [0.4, 0.5) is 0 Å². The summed E-state index contributed by atoms with van der Waals surface area (Å²) in [4.78, 5) is 2.32. The van der Waals surface area contributed by atoms with Crippen LogP contribution in [-0.2, 0) is 13.1 Å². The van der Waals surface area contributed by atoms with Gasteiger partial charge in [0, 0.05) is 24.3 Å². The first-order valence-corrected chi connectivity index (χ1v) is 9.04. The third-order valence-electron chi connectivity index (χ3n) is 4.02. The molecule has 4 nitrogen and oxygen atoms in total. The maximum Gasteiger partial charge on any atom is 0.169 e. The van der Waals surface area contributed by atoms with Crippen molar-refractivity contribution in [2.45, 2.75) is 33.9 Å². The molecular weight excluding hydrogens is 296 g/mol. The van der Waals surface area contributed by atoms with Gasteiger partial charge in [-0.15, -0.1) is 0 Å². The number of nitrogens with zero attached hydrogens (tertiary/aromatic N) is 3. The first-order valence-electron chi connectivity index (χ1n) is 9.04. The first-order chi connectivity index (χ1) is 11.7. The molecule has 0 saturated carbocycles. The Morgan fingerprint density at radius 1 is 0.875 bits per heavy atom. The highest BCUT2D eigenvalue weighted by Gasteiger charge is 2.06. The van der Waals surface area contributed by atoms with Gasteiger partial charge in [-0.25, -0.2) is 9.13 Å². The SMILES string of the molecule is CC.CCN(C)CC[n+]1ccc(-c2cc[n+](CCNC)cc2)cc1. The fraction of sp³-hybridized carbons (Fsp3) is 0.500. The zero-order valence-corrected chi connectivity index (χ0v) is 16.0. The Hall–Kier alpha value is -1.78. The van der Waals surface area contributed by atoms with Crippen LogP contribution in [0.15, 0.2) is 49.1 Å². The molecule has 2 rings (SSSR count). The lowest BCUT2D eigenvalue weighted by Crippen LogP contribution is -2.38. The highest BCUT2D eigenvalue weighted by atomic mass is 15.1. The van der Waals surface area contributed by atoms with Crippen LogP contribution in [0, 0.1) is 0 Å². The largest absolute Gasteiger partial charge is 0.314 e. The van der Waals surface area contributed by atoms with Crippen molar-refractivity contribution in [3.8, 4) is 11.1 Å². The van der Waals surface area contributed by atoms with Crippen molar-refractivity contribution in [1.29, 1.82) is 0 Å². The topological polar surface area (TPSA) is 23.0 Å². The molecular formula is C20H34N4+2. The van der Waals surface area contributed by atoms with Crippen LogP contribution in [0.2, 0.25) is 0 Å². The van der Waals surface area contributed by atoms with Gasteiger partial charge in [-0.05, 0) is 31.8 Å². The van der Waals surface area contributed by atoms with Crippen molar-refractivity contribution in [3.05, 3.63) is 49.1 Å². The number of aromatic nitrogens is 2. The van der Waals surface area contributed by atoms with Crippen LogP contribution in [0.1, 0.15) is 20.8 Å². The molecule has 0 spiro atoms. The molecule has 0 saturated heterocycles. The third-order valence-corrected chi connectivity index (χ3v) is 4.02. The van der Waals surface area contributed by atoms with E-state index in [0.717, 1.165) is 32.7 Å². The molecule has 132 valence electrons. The molecule has 2 aromatic rings. The highest BCUT2D eigenvalue weighted by molar-refractivity contribution is 5.60. The minimum atomic E-state index is 0.988. The van der Waals surface area contributed by atoms with E-state index in [-0.39, 0.29) is 0 Å². The van der Waals surface area contributed by atoms with Crippen LogP contribution in [0.3, 0.4) is 0 Å². The van der Waals surface area contributed by atoms with Gasteiger partial charge >= 0.3 is 0 Å². The van der Waals surface area contributed by atoms with Crippen LogP contribution in [-0.4, -0.2) is 38.6 Å². The van der Waals surface area contributed by atoms with Crippen LogP contribution >= 0.6 is 0 Å². The summed E-state index contributed by atoms with van der Waals surface area (Å²) in [5.41, 5.74) is 2.53. The summed E-state index contributed by atoms with van der Waals surface area (Å²) in [5.74, 6) is 0. The standard InChI is InChI=1S/C18H28N4.C2H6/c1-4-20(3)15-16-22-12-7-18(8-13-22)17-5-10-21(11-6-17)14-9-19-2;1-2/h5-8,10-13,19H,4,9,14-16H2,1-3H3;1-2H3/q+2;. The molecule has 0 fully saturated rings. The van der Waals surface area contributed by atoms with Crippen molar-refractivity contribution in [3.63, 3.8) is 0 Å². The lowest BCUT2D eigenvalue weighted by molar-refractivity contribution is -0.696. The maximum absolute atomic E-state index is 3.17. The van der Waals surface area contributed by atoms with Gasteiger partial charge in [0.15, 0.2) is 37.9 Å². The van der Waals surface area contributed by atoms with Gasteiger partial charge < -0.3 is 10.2 Å². The molecule has 0 aliphatic carbocycles. The van der Waals surface area contributed by atoms with Crippen LogP contribution in [0.25, 0.3) is 11.1 Å². The molecule has 0 amide bonds. The van der Waals surface area contributed by atoms with E-state index in [4.69, 9.17) is 0 Å². The van der Waals surface area contributed by atoms with Crippen LogP contribution < -0.4 is 14.5 Å². The molecule has 0 radical (unpaired) electrons. The predicted octanol–water partition coefficient (Wildman–Crippen LogP) is 2.13. The van der Waals surface area contributed by atoms with E-state index in [0.29, 0.717) is 0 Å². The smallest absolute Gasteiger partial charge is 0.169 e. The monoisotopic (exact) mass is 330 g/mol. The van der Waals surface area contributed by atoms with E-state index >= 15 is 0 Å². The van der Waals surface area contributed by atoms with E-state index in [1.807, 2.05) is 20.9 Å². The Kier molecular flexibility index (Phi) is 9.89. The molecule has 2 aromatic heterocycles. The van der Waals surface area contributed by atoms with Crippen molar-refractivity contribution < 1.29 is 9.13 Å². The molecule has 0 aromatic carbocycles. The molecule has 0 aliphatic rings. The highest BCUT2D eigenvalue weighted by Crippen LogP contribution is 2.15. The van der Waals surface area contributed by atoms with Gasteiger partial charge in [0.2, 0.25) is 0 Å². The molecule has 0 bridgehead atoms. The summed E-state index contributed by atoms with van der Waals surface area (Å²) in [6.07, 6.45) is 8.62. The number of hydrogen-bond acceptors (Lipinski definition) is 2. The van der Waals surface area contributed by atoms with E-state index in [9.17, 15) is 0 Å². The molecule has 1 N–H and O–H groups in total. The van der Waals surface area contributed by atoms with Gasteiger partial charge in [-0.3, -0.25) is 0 Å². The molecule has 2 heterocycles. The minimum Gasteiger partial charge on any atom is -0.314 e. The Bertz CT molecular complexity index is 549. The fourth-order valence-corrected chi connectivity index (χ4v) is 2.28. The summed E-state index contributed by atoms with van der Waals surface area (Å²) in [6.45, 7) is 11.4. The van der Waals surface area contributed by atoms with Gasteiger partial charge in [-0.2, -0.15) is 0 Å². The number of hydrogen-bond donors (Lipinski definition) is 1. The van der Waals surface area contributed by atoms with Gasteiger partial charge in [0.25, 0.3) is 0 Å². The summed E-state index contributed by atoms with van der Waals surface area (Å²) in [7, 11) is 4.13. The fourth-order valence-electron chi connectivity index (χ4n) is 2.28. The Labute approximate surface area is 147 Å². The maximum atomic E-state index is 3.17. The minimum absolute atomic E-state index is 0.988. The number of pyridine rings is 2. The number of nitrogens with one attached hydrogen (secondary N) is 1. The van der Waals surface area contributed by atoms with E-state index < -0.39 is 0 Å². The number of likely N-dealkylation sites (N-methyl/N-ethyl adjacent to an activating group) is 2. The second-order valence-corrected chi connectivity index (χ2v) is 5.65. The second kappa shape index (κ2) is 11.7. The second-order valence-electron chi connectivity index (χ2n) is 5.65. The van der Waals surface area contributed by atoms with Crippen molar-refractivity contribution >= 4 is 0 Å². The Morgan fingerprint density at radius 3 is 1.75 bits per heavy atom. The molecule has 4 heteroatoms. The first kappa shape index (κ1) is 20.3. The molecule has 0 atom stereocenters. The molecule has 0 aliphatic heterocycles. The van der Waals surface area contributed by atoms with E-state index in [1.165, 1.54) is 11.1 Å². The predicted molar refractivity (Wildman–Crippen MR) is 101 cm³/mol. The normalized spacial score (nSPS) is 10.4.